The Labute approximate surface area is 188 Å². The van der Waals surface area contributed by atoms with E-state index in [2.05, 4.69) is 39.2 Å². The summed E-state index contributed by atoms with van der Waals surface area (Å²) in [4.78, 5) is 15.4. The maximum atomic E-state index is 9.52. The molecule has 1 aliphatic carbocycles. The first-order chi connectivity index (χ1) is 15.7. The highest BCUT2D eigenvalue weighted by Crippen LogP contribution is 2.29. The second-order valence-electron chi connectivity index (χ2n) is 8.56. The summed E-state index contributed by atoms with van der Waals surface area (Å²) in [6.07, 6.45) is 10.6. The van der Waals surface area contributed by atoms with Crippen LogP contribution < -0.4 is 5.73 Å². The first-order valence-electron chi connectivity index (χ1n) is 11.2. The summed E-state index contributed by atoms with van der Waals surface area (Å²) < 4.78 is 0. The predicted octanol–water partition coefficient (Wildman–Crippen LogP) is 3.61. The van der Waals surface area contributed by atoms with E-state index in [9.17, 15) is 5.11 Å². The van der Waals surface area contributed by atoms with Crippen LogP contribution in [0.15, 0.2) is 71.3 Å². The zero-order chi connectivity index (χ0) is 21.9. The number of fused-ring (bicyclic) bond motifs is 2. The number of hydrogen-bond donors (Lipinski definition) is 3. The first-order valence-corrected chi connectivity index (χ1v) is 11.2. The summed E-state index contributed by atoms with van der Waals surface area (Å²) in [5.41, 5.74) is 12.6. The Hall–Kier alpha value is -3.06. The summed E-state index contributed by atoms with van der Waals surface area (Å²) in [5.74, 6) is 0.963. The van der Waals surface area contributed by atoms with Crippen molar-refractivity contribution in [2.75, 3.05) is 0 Å². The van der Waals surface area contributed by atoms with E-state index in [0.29, 0.717) is 13.1 Å². The Balaban J connectivity index is 1.47. The molecule has 0 saturated heterocycles. The van der Waals surface area contributed by atoms with Gasteiger partial charge in [0.2, 0.25) is 0 Å². The van der Waals surface area contributed by atoms with Crippen LogP contribution >= 0.6 is 0 Å². The highest BCUT2D eigenvalue weighted by atomic mass is 16.3. The van der Waals surface area contributed by atoms with Gasteiger partial charge in [0, 0.05) is 25.3 Å². The Morgan fingerprint density at radius 3 is 2.84 bits per heavy atom. The zero-order valence-electron chi connectivity index (χ0n) is 18.1. The largest absolute Gasteiger partial charge is 0.392 e. The monoisotopic (exact) mass is 427 g/mol. The summed E-state index contributed by atoms with van der Waals surface area (Å²) in [6.45, 7) is 1.96. The average molecular weight is 428 g/mol. The lowest BCUT2D eigenvalue weighted by Gasteiger charge is -2.35. The number of aliphatic hydroxyl groups excluding tert-OH is 1. The van der Waals surface area contributed by atoms with Gasteiger partial charge in [0.15, 0.2) is 0 Å². The molecule has 0 bridgehead atoms. The molecule has 32 heavy (non-hydrogen) atoms. The van der Waals surface area contributed by atoms with E-state index >= 15 is 0 Å². The van der Waals surface area contributed by atoms with Crippen LogP contribution in [0.1, 0.15) is 35.4 Å². The van der Waals surface area contributed by atoms with Crippen LogP contribution in [0.2, 0.25) is 0 Å². The van der Waals surface area contributed by atoms with Gasteiger partial charge in [0.1, 0.15) is 5.82 Å². The van der Waals surface area contributed by atoms with Gasteiger partial charge in [-0.3, -0.25) is 9.89 Å². The molecule has 164 valence electrons. The topological polar surface area (TPSA) is 90.5 Å². The molecule has 0 amide bonds. The second kappa shape index (κ2) is 9.20. The van der Waals surface area contributed by atoms with Crippen LogP contribution in [0.3, 0.4) is 0 Å². The number of allylic oxidation sites excluding steroid dienone is 1. The van der Waals surface area contributed by atoms with E-state index in [1.807, 2.05) is 42.6 Å². The van der Waals surface area contributed by atoms with Gasteiger partial charge in [-0.15, -0.1) is 0 Å². The van der Waals surface area contributed by atoms with Crippen molar-refractivity contribution in [3.8, 4) is 0 Å². The molecule has 5 rings (SSSR count). The number of imidazole rings is 1. The van der Waals surface area contributed by atoms with E-state index in [1.165, 1.54) is 11.1 Å². The van der Waals surface area contributed by atoms with E-state index < -0.39 is 0 Å². The summed E-state index contributed by atoms with van der Waals surface area (Å²) in [6, 6.07) is 14.8. The minimum atomic E-state index is 0.0267. The fraction of sp³-hybridized carbons (Fsp3) is 0.308. The zero-order valence-corrected chi connectivity index (χ0v) is 18.1. The number of aliphatic imine (C=N–C) groups is 1. The first kappa shape index (κ1) is 20.8. The lowest BCUT2D eigenvalue weighted by Crippen LogP contribution is -2.37. The van der Waals surface area contributed by atoms with Gasteiger partial charge in [-0.25, -0.2) is 4.98 Å². The van der Waals surface area contributed by atoms with Gasteiger partial charge >= 0.3 is 0 Å². The Morgan fingerprint density at radius 2 is 2.00 bits per heavy atom. The second-order valence-corrected chi connectivity index (χ2v) is 8.56. The highest BCUT2D eigenvalue weighted by Gasteiger charge is 2.27. The molecule has 2 aromatic carbocycles. The molecule has 2 unspecified atom stereocenters. The lowest BCUT2D eigenvalue weighted by molar-refractivity contribution is 0.188. The number of nitrogens with zero attached hydrogens (tertiary/aromatic N) is 3. The molecule has 0 spiro atoms. The van der Waals surface area contributed by atoms with Crippen molar-refractivity contribution < 1.29 is 5.11 Å². The van der Waals surface area contributed by atoms with E-state index in [-0.39, 0.29) is 18.7 Å². The van der Waals surface area contributed by atoms with Crippen molar-refractivity contribution in [3.05, 3.63) is 88.8 Å². The predicted molar refractivity (Wildman–Crippen MR) is 128 cm³/mol. The summed E-state index contributed by atoms with van der Waals surface area (Å²) in [7, 11) is 0. The fourth-order valence-electron chi connectivity index (χ4n) is 4.74. The van der Waals surface area contributed by atoms with Gasteiger partial charge < -0.3 is 15.8 Å². The summed E-state index contributed by atoms with van der Waals surface area (Å²) >= 11 is 0. The van der Waals surface area contributed by atoms with Crippen LogP contribution in [0.4, 0.5) is 0 Å². The quantitative estimate of drug-likeness (QED) is 0.537. The lowest BCUT2D eigenvalue weighted by atomic mass is 9.89. The fourth-order valence-corrected chi connectivity index (χ4v) is 4.74. The number of aromatic nitrogens is 2. The Kier molecular flexibility index (Phi) is 5.99. The molecule has 0 saturated carbocycles. The van der Waals surface area contributed by atoms with Gasteiger partial charge in [-0.2, -0.15) is 0 Å². The van der Waals surface area contributed by atoms with Crippen molar-refractivity contribution in [2.24, 2.45) is 10.7 Å². The van der Waals surface area contributed by atoms with E-state index in [1.54, 1.807) is 0 Å². The van der Waals surface area contributed by atoms with Gasteiger partial charge in [-0.1, -0.05) is 42.5 Å². The number of aliphatic hydroxyl groups is 1. The number of H-pyrrole nitrogens is 1. The van der Waals surface area contributed by atoms with Crippen LogP contribution in [0.25, 0.3) is 11.0 Å². The third-order valence-electron chi connectivity index (χ3n) is 6.45. The molecule has 0 fully saturated rings. The van der Waals surface area contributed by atoms with Crippen LogP contribution in [-0.4, -0.2) is 38.3 Å². The van der Waals surface area contributed by atoms with Gasteiger partial charge in [-0.05, 0) is 53.3 Å². The van der Waals surface area contributed by atoms with Crippen molar-refractivity contribution in [1.82, 2.24) is 14.9 Å². The van der Waals surface area contributed by atoms with Crippen LogP contribution in [-0.2, 0) is 26.2 Å². The summed E-state index contributed by atoms with van der Waals surface area (Å²) in [5, 5.41) is 9.52. The van der Waals surface area contributed by atoms with E-state index in [4.69, 9.17) is 10.7 Å². The number of nitrogens with one attached hydrogen (secondary N) is 1. The number of para-hydroxylation sites is 2. The smallest absolute Gasteiger partial charge is 0.121 e. The van der Waals surface area contributed by atoms with E-state index in [0.717, 1.165) is 47.4 Å². The molecular formula is C26H29N5O. The number of dihydropyridines is 1. The standard InChI is InChI=1S/C26H29N5O/c27-14-21-12-18(17-32)7-8-20(21)15-31(16-26-29-24-5-1-2-6-25(24)30-26)22-9-10-23-19(13-22)4-3-11-28-23/h1-8,11-13,22-23,32H,9-10,14-17,27H2,(H,29,30). The van der Waals surface area contributed by atoms with Gasteiger partial charge in [0.05, 0.1) is 30.2 Å². The number of rotatable bonds is 7. The minimum absolute atomic E-state index is 0.0267. The number of aromatic amines is 1. The maximum absolute atomic E-state index is 9.52. The number of benzene rings is 2. The van der Waals surface area contributed by atoms with Crippen LogP contribution in [0.5, 0.6) is 0 Å². The third-order valence-corrected chi connectivity index (χ3v) is 6.45. The van der Waals surface area contributed by atoms with Crippen molar-refractivity contribution in [1.29, 1.82) is 0 Å². The average Bonchev–Trinajstić information content (AvgIpc) is 3.26. The van der Waals surface area contributed by atoms with Crippen molar-refractivity contribution in [2.45, 2.75) is 51.2 Å². The molecule has 6 nitrogen and oxygen atoms in total. The molecule has 2 aliphatic rings. The molecule has 1 aromatic heterocycles. The molecule has 2 heterocycles. The third kappa shape index (κ3) is 4.30. The molecule has 3 aromatic rings. The molecular weight excluding hydrogens is 398 g/mol. The SMILES string of the molecule is NCc1cc(CO)ccc1CN(Cc1nc2ccccc2[nH]1)C1C=C2C=CC=NC2CC1. The Morgan fingerprint density at radius 1 is 1.09 bits per heavy atom. The van der Waals surface area contributed by atoms with Crippen molar-refractivity contribution in [3.63, 3.8) is 0 Å². The molecule has 6 heteroatoms. The van der Waals surface area contributed by atoms with Crippen molar-refractivity contribution >= 4 is 17.2 Å². The normalized spacial score (nSPS) is 20.0. The highest BCUT2D eigenvalue weighted by molar-refractivity contribution is 5.75. The Bertz CT molecular complexity index is 1160. The van der Waals surface area contributed by atoms with Gasteiger partial charge in [0.25, 0.3) is 0 Å². The molecule has 4 N–H and O–H groups in total. The maximum Gasteiger partial charge on any atom is 0.121 e. The minimum Gasteiger partial charge on any atom is -0.392 e. The number of hydrogen-bond acceptors (Lipinski definition) is 5. The molecule has 2 atom stereocenters. The van der Waals surface area contributed by atoms with Crippen LogP contribution in [0, 0.1) is 0 Å². The molecule has 0 radical (unpaired) electrons. The number of nitrogens with two attached hydrogens (primary N) is 1. The molecule has 1 aliphatic heterocycles.